The smallest absolute Gasteiger partial charge is 0.127 e. The van der Waals surface area contributed by atoms with Crippen molar-refractivity contribution in [1.29, 1.82) is 0 Å². The normalized spacial score (nSPS) is 11.8. The Bertz CT molecular complexity index is 335. The SMILES string of the molecule is CSC(C)(C)CNCc1cc(O)cc(F)c1. The molecule has 0 aliphatic heterocycles. The molecule has 0 radical (unpaired) electrons. The van der Waals surface area contributed by atoms with Gasteiger partial charge >= 0.3 is 0 Å². The predicted molar refractivity (Wildman–Crippen MR) is 67.4 cm³/mol. The number of aromatic hydroxyl groups is 1. The highest BCUT2D eigenvalue weighted by Crippen LogP contribution is 2.20. The molecule has 0 unspecified atom stereocenters. The van der Waals surface area contributed by atoms with Crippen LogP contribution in [0.5, 0.6) is 5.75 Å². The molecule has 4 heteroatoms. The van der Waals surface area contributed by atoms with E-state index < -0.39 is 5.82 Å². The van der Waals surface area contributed by atoms with Crippen LogP contribution in [0, 0.1) is 5.82 Å². The molecule has 16 heavy (non-hydrogen) atoms. The zero-order chi connectivity index (χ0) is 12.2. The Morgan fingerprint density at radius 3 is 2.62 bits per heavy atom. The van der Waals surface area contributed by atoms with E-state index in [2.05, 4.69) is 25.4 Å². The minimum absolute atomic E-state index is 0.0269. The maximum atomic E-state index is 13.0. The lowest BCUT2D eigenvalue weighted by molar-refractivity contribution is 0.467. The van der Waals surface area contributed by atoms with E-state index in [0.717, 1.165) is 18.2 Å². The molecule has 0 aliphatic rings. The van der Waals surface area contributed by atoms with Gasteiger partial charge in [0, 0.05) is 23.9 Å². The summed E-state index contributed by atoms with van der Waals surface area (Å²) < 4.78 is 13.1. The first-order valence-corrected chi connectivity index (χ1v) is 6.40. The number of nitrogens with one attached hydrogen (secondary N) is 1. The van der Waals surface area contributed by atoms with E-state index in [0.29, 0.717) is 6.54 Å². The number of hydrogen-bond donors (Lipinski definition) is 2. The molecule has 90 valence electrons. The fourth-order valence-corrected chi connectivity index (χ4v) is 1.56. The molecule has 0 atom stereocenters. The van der Waals surface area contributed by atoms with Gasteiger partial charge in [-0.2, -0.15) is 11.8 Å². The van der Waals surface area contributed by atoms with Gasteiger partial charge in [0.25, 0.3) is 0 Å². The summed E-state index contributed by atoms with van der Waals surface area (Å²) in [6.45, 7) is 5.70. The third kappa shape index (κ3) is 4.41. The number of phenols is 1. The molecule has 0 amide bonds. The van der Waals surface area contributed by atoms with Crippen molar-refractivity contribution < 1.29 is 9.50 Å². The molecule has 1 aromatic rings. The molecule has 0 aliphatic carbocycles. The maximum absolute atomic E-state index is 13.0. The summed E-state index contributed by atoms with van der Waals surface area (Å²) in [6, 6.07) is 4.11. The second-order valence-electron chi connectivity index (χ2n) is 4.39. The Hall–Kier alpha value is -0.740. The van der Waals surface area contributed by atoms with Crippen LogP contribution >= 0.6 is 11.8 Å². The van der Waals surface area contributed by atoms with Gasteiger partial charge in [0.05, 0.1) is 0 Å². The lowest BCUT2D eigenvalue weighted by atomic mass is 10.2. The Balaban J connectivity index is 2.49. The van der Waals surface area contributed by atoms with Crippen LogP contribution in [-0.4, -0.2) is 22.7 Å². The molecule has 2 N–H and O–H groups in total. The summed E-state index contributed by atoms with van der Waals surface area (Å²) in [5.41, 5.74) is 0.759. The summed E-state index contributed by atoms with van der Waals surface area (Å²) in [6.07, 6.45) is 2.07. The van der Waals surface area contributed by atoms with Gasteiger partial charge in [-0.05, 0) is 37.8 Å². The van der Waals surface area contributed by atoms with Crippen molar-refractivity contribution in [2.24, 2.45) is 0 Å². The lowest BCUT2D eigenvalue weighted by Gasteiger charge is -2.22. The van der Waals surface area contributed by atoms with E-state index in [1.165, 1.54) is 6.07 Å². The van der Waals surface area contributed by atoms with Crippen molar-refractivity contribution in [2.45, 2.75) is 25.1 Å². The number of phenolic OH excluding ortho intramolecular Hbond substituents is 1. The average molecular weight is 243 g/mol. The average Bonchev–Trinajstić information content (AvgIpc) is 2.16. The number of hydrogen-bond acceptors (Lipinski definition) is 3. The summed E-state index contributed by atoms with van der Waals surface area (Å²) in [7, 11) is 0. The highest BCUT2D eigenvalue weighted by molar-refractivity contribution is 7.99. The molecule has 0 fully saturated rings. The van der Waals surface area contributed by atoms with Gasteiger partial charge in [-0.1, -0.05) is 0 Å². The molecule has 1 aromatic carbocycles. The molecule has 0 saturated heterocycles. The van der Waals surface area contributed by atoms with Crippen molar-refractivity contribution in [3.63, 3.8) is 0 Å². The molecule has 0 saturated carbocycles. The standard InChI is InChI=1S/C12H18FNOS/c1-12(2,16-3)8-14-7-9-4-10(13)6-11(15)5-9/h4-6,14-15H,7-8H2,1-3H3. The van der Waals surface area contributed by atoms with Gasteiger partial charge in [-0.3, -0.25) is 0 Å². The zero-order valence-corrected chi connectivity index (χ0v) is 10.7. The van der Waals surface area contributed by atoms with Gasteiger partial charge in [-0.25, -0.2) is 4.39 Å². The molecule has 0 heterocycles. The lowest BCUT2D eigenvalue weighted by Crippen LogP contribution is -2.31. The van der Waals surface area contributed by atoms with Gasteiger partial charge in [0.2, 0.25) is 0 Å². The Labute approximate surface area is 100 Å². The molecule has 0 aromatic heterocycles. The monoisotopic (exact) mass is 243 g/mol. The molecule has 2 nitrogen and oxygen atoms in total. The van der Waals surface area contributed by atoms with Crippen LogP contribution in [0.4, 0.5) is 4.39 Å². The van der Waals surface area contributed by atoms with Gasteiger partial charge in [-0.15, -0.1) is 0 Å². The van der Waals surface area contributed by atoms with E-state index in [1.54, 1.807) is 17.8 Å². The van der Waals surface area contributed by atoms with Gasteiger partial charge < -0.3 is 10.4 Å². The van der Waals surface area contributed by atoms with E-state index in [1.807, 2.05) is 0 Å². The largest absolute Gasteiger partial charge is 0.508 e. The maximum Gasteiger partial charge on any atom is 0.127 e. The Kier molecular flexibility index (Phi) is 4.62. The fraction of sp³-hybridized carbons (Fsp3) is 0.500. The van der Waals surface area contributed by atoms with Crippen molar-refractivity contribution >= 4 is 11.8 Å². The second-order valence-corrected chi connectivity index (χ2v) is 5.90. The molecular formula is C12H18FNOS. The Morgan fingerprint density at radius 1 is 1.38 bits per heavy atom. The van der Waals surface area contributed by atoms with E-state index in [-0.39, 0.29) is 10.5 Å². The summed E-state index contributed by atoms with van der Waals surface area (Å²) in [5, 5.41) is 12.5. The third-order valence-corrected chi connectivity index (χ3v) is 3.62. The van der Waals surface area contributed by atoms with Crippen molar-refractivity contribution in [1.82, 2.24) is 5.32 Å². The first-order chi connectivity index (χ1) is 7.43. The quantitative estimate of drug-likeness (QED) is 0.834. The fourth-order valence-electron chi connectivity index (χ4n) is 1.32. The van der Waals surface area contributed by atoms with Crippen molar-refractivity contribution in [3.8, 4) is 5.75 Å². The van der Waals surface area contributed by atoms with Crippen LogP contribution in [0.1, 0.15) is 19.4 Å². The number of thioether (sulfide) groups is 1. The number of benzene rings is 1. The van der Waals surface area contributed by atoms with E-state index in [9.17, 15) is 9.50 Å². The highest BCUT2D eigenvalue weighted by atomic mass is 32.2. The minimum Gasteiger partial charge on any atom is -0.508 e. The summed E-state index contributed by atoms with van der Waals surface area (Å²) >= 11 is 1.78. The first kappa shape index (κ1) is 13.3. The van der Waals surface area contributed by atoms with Crippen LogP contribution in [0.2, 0.25) is 0 Å². The van der Waals surface area contributed by atoms with E-state index in [4.69, 9.17) is 0 Å². The zero-order valence-electron chi connectivity index (χ0n) is 9.88. The summed E-state index contributed by atoms with van der Waals surface area (Å²) in [4.78, 5) is 0. The van der Waals surface area contributed by atoms with E-state index >= 15 is 0 Å². The van der Waals surface area contributed by atoms with Crippen LogP contribution in [0.3, 0.4) is 0 Å². The van der Waals surface area contributed by atoms with Gasteiger partial charge in [0.1, 0.15) is 11.6 Å². The van der Waals surface area contributed by atoms with Crippen molar-refractivity contribution in [3.05, 3.63) is 29.6 Å². The van der Waals surface area contributed by atoms with Crippen LogP contribution < -0.4 is 5.32 Å². The molecule has 1 rings (SSSR count). The van der Waals surface area contributed by atoms with Crippen LogP contribution in [0.25, 0.3) is 0 Å². The number of rotatable bonds is 5. The molecular weight excluding hydrogens is 225 g/mol. The highest BCUT2D eigenvalue weighted by Gasteiger charge is 2.14. The molecule has 0 bridgehead atoms. The summed E-state index contributed by atoms with van der Waals surface area (Å²) in [5.74, 6) is -0.429. The predicted octanol–water partition coefficient (Wildman–Crippen LogP) is 2.76. The van der Waals surface area contributed by atoms with Crippen molar-refractivity contribution in [2.75, 3.05) is 12.8 Å². The first-order valence-electron chi connectivity index (χ1n) is 5.17. The Morgan fingerprint density at radius 2 is 2.06 bits per heavy atom. The topological polar surface area (TPSA) is 32.3 Å². The third-order valence-electron chi connectivity index (χ3n) is 2.37. The second kappa shape index (κ2) is 5.55. The number of halogens is 1. The minimum atomic E-state index is -0.402. The van der Waals surface area contributed by atoms with Crippen LogP contribution in [-0.2, 0) is 6.54 Å². The van der Waals surface area contributed by atoms with Crippen LogP contribution in [0.15, 0.2) is 18.2 Å². The van der Waals surface area contributed by atoms with Gasteiger partial charge in [0.15, 0.2) is 0 Å². The molecule has 0 spiro atoms.